The first-order valence-corrected chi connectivity index (χ1v) is 9.57. The van der Waals surface area contributed by atoms with E-state index < -0.39 is 23.4 Å². The summed E-state index contributed by atoms with van der Waals surface area (Å²) in [6.07, 6.45) is 3.17. The smallest absolute Gasteiger partial charge is 0.335 e. The number of pyridine rings is 1. The molecule has 3 rings (SSSR count). The second-order valence-corrected chi connectivity index (χ2v) is 7.57. The molecular weight excluding hydrogens is 406 g/mol. The van der Waals surface area contributed by atoms with Crippen molar-refractivity contribution in [1.82, 2.24) is 15.0 Å². The maximum absolute atomic E-state index is 14.3. The standard InChI is InChI=1S/C22H22F2N4O3/c1-13(23)9-22(2,19-17(24)4-3-7-25-19)12-28-21-26-10-15(11-27-21)16-8-14(20(30)31)5-6-18(16)29/h3-8,10-11,13,29H,9,12H2,1-2H3,(H,30,31)(H,26,27,28)/t13-,22-/m1/s1. The lowest BCUT2D eigenvalue weighted by molar-refractivity contribution is 0.0697. The van der Waals surface area contributed by atoms with Crippen LogP contribution in [0.2, 0.25) is 0 Å². The number of phenols is 1. The molecule has 0 aliphatic rings. The van der Waals surface area contributed by atoms with Gasteiger partial charge in [0.05, 0.1) is 17.4 Å². The molecule has 0 unspecified atom stereocenters. The lowest BCUT2D eigenvalue weighted by Gasteiger charge is -2.30. The van der Waals surface area contributed by atoms with E-state index in [4.69, 9.17) is 5.11 Å². The van der Waals surface area contributed by atoms with Crippen LogP contribution < -0.4 is 5.32 Å². The van der Waals surface area contributed by atoms with E-state index in [1.165, 1.54) is 55.8 Å². The van der Waals surface area contributed by atoms with Crippen LogP contribution in [-0.2, 0) is 5.41 Å². The summed E-state index contributed by atoms with van der Waals surface area (Å²) < 4.78 is 28.2. The van der Waals surface area contributed by atoms with E-state index in [0.717, 1.165) is 0 Å². The number of hydrogen-bond acceptors (Lipinski definition) is 6. The Morgan fingerprint density at radius 1 is 1.23 bits per heavy atom. The number of nitrogens with one attached hydrogen (secondary N) is 1. The zero-order valence-corrected chi connectivity index (χ0v) is 17.0. The Kier molecular flexibility index (Phi) is 6.43. The summed E-state index contributed by atoms with van der Waals surface area (Å²) in [7, 11) is 0. The number of hydrogen-bond donors (Lipinski definition) is 3. The highest BCUT2D eigenvalue weighted by atomic mass is 19.1. The van der Waals surface area contributed by atoms with Crippen LogP contribution in [0.15, 0.2) is 48.9 Å². The minimum atomic E-state index is -1.18. The predicted octanol–water partition coefficient (Wildman–Crippen LogP) is 4.20. The molecule has 0 saturated carbocycles. The van der Waals surface area contributed by atoms with E-state index in [0.29, 0.717) is 5.56 Å². The van der Waals surface area contributed by atoms with Crippen molar-refractivity contribution in [3.63, 3.8) is 0 Å². The first-order chi connectivity index (χ1) is 14.7. The number of alkyl halides is 1. The molecule has 0 aliphatic carbocycles. The van der Waals surface area contributed by atoms with Gasteiger partial charge < -0.3 is 15.5 Å². The topological polar surface area (TPSA) is 108 Å². The number of carbonyl (C=O) groups is 1. The van der Waals surface area contributed by atoms with Gasteiger partial charge in [0.25, 0.3) is 0 Å². The van der Waals surface area contributed by atoms with Gasteiger partial charge in [-0.25, -0.2) is 23.5 Å². The summed E-state index contributed by atoms with van der Waals surface area (Å²) in [6.45, 7) is 3.25. The third kappa shape index (κ3) is 5.11. The van der Waals surface area contributed by atoms with E-state index in [-0.39, 0.29) is 41.5 Å². The number of rotatable bonds is 8. The quantitative estimate of drug-likeness (QED) is 0.493. The summed E-state index contributed by atoms with van der Waals surface area (Å²) in [6, 6.07) is 6.67. The number of phenolic OH excluding ortho intramolecular Hbond substituents is 1. The molecular formula is C22H22F2N4O3. The fourth-order valence-corrected chi connectivity index (χ4v) is 3.44. The van der Waals surface area contributed by atoms with Crippen LogP contribution in [0, 0.1) is 5.82 Å². The Morgan fingerprint density at radius 3 is 2.55 bits per heavy atom. The van der Waals surface area contributed by atoms with Crippen molar-refractivity contribution in [2.75, 3.05) is 11.9 Å². The first kappa shape index (κ1) is 22.1. The second-order valence-electron chi connectivity index (χ2n) is 7.57. The van der Waals surface area contributed by atoms with Gasteiger partial charge in [0.2, 0.25) is 5.95 Å². The number of halogens is 2. The van der Waals surface area contributed by atoms with Crippen molar-refractivity contribution in [3.8, 4) is 16.9 Å². The molecule has 2 atom stereocenters. The molecule has 9 heteroatoms. The molecule has 0 amide bonds. The van der Waals surface area contributed by atoms with E-state index in [9.17, 15) is 18.7 Å². The highest BCUT2D eigenvalue weighted by Gasteiger charge is 2.33. The maximum atomic E-state index is 14.3. The number of benzene rings is 1. The van der Waals surface area contributed by atoms with Gasteiger partial charge in [-0.15, -0.1) is 0 Å². The predicted molar refractivity (Wildman–Crippen MR) is 111 cm³/mol. The Bertz CT molecular complexity index is 1080. The molecule has 2 aromatic heterocycles. The molecule has 7 nitrogen and oxygen atoms in total. The number of anilines is 1. The van der Waals surface area contributed by atoms with Crippen molar-refractivity contribution < 1.29 is 23.8 Å². The monoisotopic (exact) mass is 428 g/mol. The van der Waals surface area contributed by atoms with Crippen molar-refractivity contribution >= 4 is 11.9 Å². The summed E-state index contributed by atoms with van der Waals surface area (Å²) in [4.78, 5) is 23.6. The molecule has 0 saturated heterocycles. The third-order valence-corrected chi connectivity index (χ3v) is 4.90. The molecule has 3 aromatic rings. The third-order valence-electron chi connectivity index (χ3n) is 4.90. The van der Waals surface area contributed by atoms with Crippen LogP contribution in [0.25, 0.3) is 11.1 Å². The molecule has 0 aliphatic heterocycles. The lowest BCUT2D eigenvalue weighted by atomic mass is 9.81. The molecule has 31 heavy (non-hydrogen) atoms. The second kappa shape index (κ2) is 9.03. The number of aromatic carboxylic acids is 1. The fourth-order valence-electron chi connectivity index (χ4n) is 3.44. The number of carboxylic acids is 1. The Labute approximate surface area is 177 Å². The average molecular weight is 428 g/mol. The van der Waals surface area contributed by atoms with Gasteiger partial charge >= 0.3 is 5.97 Å². The molecule has 1 aromatic carbocycles. The minimum Gasteiger partial charge on any atom is -0.507 e. The SMILES string of the molecule is C[C@@H](F)C[C@](C)(CNc1ncc(-c2cc(C(=O)O)ccc2O)cn1)c1ncccc1F. The molecule has 0 fully saturated rings. The van der Waals surface area contributed by atoms with Crippen LogP contribution in [0.4, 0.5) is 14.7 Å². The van der Waals surface area contributed by atoms with Gasteiger partial charge in [0, 0.05) is 41.7 Å². The summed E-state index contributed by atoms with van der Waals surface area (Å²) in [5, 5.41) is 22.2. The molecule has 2 heterocycles. The molecule has 0 radical (unpaired) electrons. The van der Waals surface area contributed by atoms with Gasteiger partial charge in [-0.1, -0.05) is 6.92 Å². The number of nitrogens with zero attached hydrogens (tertiary/aromatic N) is 3. The van der Waals surface area contributed by atoms with Crippen LogP contribution in [0.3, 0.4) is 0 Å². The number of aromatic nitrogens is 3. The fraction of sp³-hybridized carbons (Fsp3) is 0.273. The van der Waals surface area contributed by atoms with Crippen molar-refractivity contribution in [3.05, 3.63) is 66.0 Å². The van der Waals surface area contributed by atoms with Crippen LogP contribution in [0.1, 0.15) is 36.3 Å². The Hall–Kier alpha value is -3.62. The van der Waals surface area contributed by atoms with Crippen molar-refractivity contribution in [2.24, 2.45) is 0 Å². The number of aromatic hydroxyl groups is 1. The van der Waals surface area contributed by atoms with E-state index in [1.807, 2.05) is 0 Å². The molecule has 0 spiro atoms. The zero-order chi connectivity index (χ0) is 22.6. The summed E-state index contributed by atoms with van der Waals surface area (Å²) in [5.74, 6) is -1.53. The van der Waals surface area contributed by atoms with Crippen LogP contribution in [-0.4, -0.2) is 43.9 Å². The van der Waals surface area contributed by atoms with E-state index in [2.05, 4.69) is 20.3 Å². The van der Waals surface area contributed by atoms with Gasteiger partial charge in [0.1, 0.15) is 11.6 Å². The van der Waals surface area contributed by atoms with E-state index in [1.54, 1.807) is 6.92 Å². The largest absolute Gasteiger partial charge is 0.507 e. The van der Waals surface area contributed by atoms with E-state index >= 15 is 0 Å². The molecule has 162 valence electrons. The summed E-state index contributed by atoms with van der Waals surface area (Å²) >= 11 is 0. The first-order valence-electron chi connectivity index (χ1n) is 9.57. The highest BCUT2D eigenvalue weighted by molar-refractivity contribution is 5.90. The summed E-state index contributed by atoms with van der Waals surface area (Å²) in [5.41, 5.74) is -0.0852. The molecule has 3 N–H and O–H groups in total. The number of carboxylic acid groups (broad SMARTS) is 1. The minimum absolute atomic E-state index is 0.0171. The van der Waals surface area contributed by atoms with Gasteiger partial charge in [0.15, 0.2) is 0 Å². The molecule has 0 bridgehead atoms. The normalized spacial score (nSPS) is 13.9. The van der Waals surface area contributed by atoms with Crippen molar-refractivity contribution in [1.29, 1.82) is 0 Å². The highest BCUT2D eigenvalue weighted by Crippen LogP contribution is 2.32. The zero-order valence-electron chi connectivity index (χ0n) is 17.0. The van der Waals surface area contributed by atoms with Gasteiger partial charge in [-0.3, -0.25) is 4.98 Å². The lowest BCUT2D eigenvalue weighted by Crippen LogP contribution is -2.36. The van der Waals surface area contributed by atoms with Gasteiger partial charge in [-0.2, -0.15) is 0 Å². The van der Waals surface area contributed by atoms with Crippen molar-refractivity contribution in [2.45, 2.75) is 31.9 Å². The van der Waals surface area contributed by atoms with Gasteiger partial charge in [-0.05, 0) is 43.7 Å². The average Bonchev–Trinajstić information content (AvgIpc) is 2.73. The Morgan fingerprint density at radius 2 is 1.94 bits per heavy atom. The van der Waals surface area contributed by atoms with Crippen LogP contribution >= 0.6 is 0 Å². The maximum Gasteiger partial charge on any atom is 0.335 e. The van der Waals surface area contributed by atoms with Crippen LogP contribution in [0.5, 0.6) is 5.75 Å². The Balaban J connectivity index is 1.81.